The first-order valence-electron chi connectivity index (χ1n) is 7.67. The van der Waals surface area contributed by atoms with Crippen LogP contribution in [0.25, 0.3) is 10.6 Å². The SMILES string of the molecule is C/C(=N\Nc1cccc(C)c1)c1sc(-c2ccc(O)cc2)nc1C. The van der Waals surface area contributed by atoms with Gasteiger partial charge in [-0.25, -0.2) is 4.98 Å². The van der Waals surface area contributed by atoms with E-state index in [0.717, 1.165) is 32.5 Å². The number of nitrogens with zero attached hydrogens (tertiary/aromatic N) is 2. The van der Waals surface area contributed by atoms with Gasteiger partial charge in [0, 0.05) is 5.56 Å². The second-order valence-electron chi connectivity index (χ2n) is 5.66. The number of nitrogens with one attached hydrogen (secondary N) is 1. The number of rotatable bonds is 4. The van der Waals surface area contributed by atoms with Gasteiger partial charge in [-0.2, -0.15) is 5.10 Å². The van der Waals surface area contributed by atoms with Crippen molar-refractivity contribution in [1.29, 1.82) is 0 Å². The van der Waals surface area contributed by atoms with Gasteiger partial charge in [0.1, 0.15) is 10.8 Å². The Bertz CT molecular complexity index is 882. The quantitative estimate of drug-likeness (QED) is 0.522. The topological polar surface area (TPSA) is 57.5 Å². The van der Waals surface area contributed by atoms with E-state index in [0.29, 0.717) is 0 Å². The number of phenolic OH excluding ortho intramolecular Hbond substituents is 1. The Kier molecular flexibility index (Phi) is 4.62. The number of aromatic hydroxyl groups is 1. The number of thiazole rings is 1. The van der Waals surface area contributed by atoms with Crippen LogP contribution < -0.4 is 5.43 Å². The molecule has 0 bridgehead atoms. The molecule has 24 heavy (non-hydrogen) atoms. The summed E-state index contributed by atoms with van der Waals surface area (Å²) < 4.78 is 0. The molecule has 2 N–H and O–H groups in total. The van der Waals surface area contributed by atoms with Crippen LogP contribution in [0.4, 0.5) is 5.69 Å². The number of aromatic nitrogens is 1. The van der Waals surface area contributed by atoms with Crippen molar-refractivity contribution in [2.75, 3.05) is 5.43 Å². The van der Waals surface area contributed by atoms with E-state index in [1.54, 1.807) is 23.5 Å². The standard InChI is InChI=1S/C19H19N3OS/c1-12-5-4-6-16(11-12)22-21-14(3)18-13(2)20-19(24-18)15-7-9-17(23)10-8-15/h4-11,22-23H,1-3H3/b21-14+. The van der Waals surface area contributed by atoms with Gasteiger partial charge < -0.3 is 5.11 Å². The predicted octanol–water partition coefficient (Wildman–Crippen LogP) is 4.97. The average molecular weight is 337 g/mol. The molecule has 0 unspecified atom stereocenters. The van der Waals surface area contributed by atoms with E-state index in [-0.39, 0.29) is 5.75 Å². The zero-order valence-electron chi connectivity index (χ0n) is 13.9. The molecular weight excluding hydrogens is 318 g/mol. The van der Waals surface area contributed by atoms with E-state index in [2.05, 4.69) is 34.6 Å². The van der Waals surface area contributed by atoms with Crippen LogP contribution in [-0.2, 0) is 0 Å². The van der Waals surface area contributed by atoms with Gasteiger partial charge in [0.25, 0.3) is 0 Å². The molecule has 3 rings (SSSR count). The van der Waals surface area contributed by atoms with Crippen molar-refractivity contribution in [3.63, 3.8) is 0 Å². The van der Waals surface area contributed by atoms with Crippen molar-refractivity contribution >= 4 is 22.7 Å². The zero-order valence-corrected chi connectivity index (χ0v) is 14.7. The summed E-state index contributed by atoms with van der Waals surface area (Å²) in [5, 5.41) is 14.8. The summed E-state index contributed by atoms with van der Waals surface area (Å²) in [7, 11) is 0. The maximum absolute atomic E-state index is 9.40. The van der Waals surface area contributed by atoms with Crippen LogP contribution in [0.5, 0.6) is 5.75 Å². The van der Waals surface area contributed by atoms with Gasteiger partial charge in [0.05, 0.1) is 22.0 Å². The van der Waals surface area contributed by atoms with E-state index in [1.165, 1.54) is 5.56 Å². The molecule has 0 fully saturated rings. The number of hydrogen-bond acceptors (Lipinski definition) is 5. The van der Waals surface area contributed by atoms with Crippen LogP contribution in [0.1, 0.15) is 23.1 Å². The molecule has 2 aromatic carbocycles. The number of aryl methyl sites for hydroxylation is 2. The Balaban J connectivity index is 1.83. The average Bonchev–Trinajstić information content (AvgIpc) is 2.95. The molecule has 0 spiro atoms. The lowest BCUT2D eigenvalue weighted by molar-refractivity contribution is 0.475. The number of phenols is 1. The van der Waals surface area contributed by atoms with Crippen molar-refractivity contribution in [3.05, 3.63) is 64.7 Å². The minimum atomic E-state index is 0.257. The molecule has 0 aliphatic carbocycles. The first-order chi connectivity index (χ1) is 11.5. The largest absolute Gasteiger partial charge is 0.508 e. The van der Waals surface area contributed by atoms with Gasteiger partial charge in [-0.15, -0.1) is 11.3 Å². The Labute approximate surface area is 145 Å². The minimum Gasteiger partial charge on any atom is -0.508 e. The second kappa shape index (κ2) is 6.84. The molecular formula is C19H19N3OS. The molecule has 0 saturated carbocycles. The fourth-order valence-corrected chi connectivity index (χ4v) is 3.39. The van der Waals surface area contributed by atoms with Crippen LogP contribution in [0.15, 0.2) is 53.6 Å². The van der Waals surface area contributed by atoms with Crippen molar-refractivity contribution in [3.8, 4) is 16.3 Å². The third kappa shape index (κ3) is 3.63. The molecule has 1 heterocycles. The van der Waals surface area contributed by atoms with Gasteiger partial charge >= 0.3 is 0 Å². The molecule has 0 amide bonds. The molecule has 0 aliphatic heterocycles. The number of hydrazone groups is 1. The van der Waals surface area contributed by atoms with Gasteiger partial charge in [-0.3, -0.25) is 5.43 Å². The molecule has 0 aliphatic rings. The first-order valence-corrected chi connectivity index (χ1v) is 8.49. The van der Waals surface area contributed by atoms with Crippen LogP contribution in [0.3, 0.4) is 0 Å². The summed E-state index contributed by atoms with van der Waals surface area (Å²) in [5.74, 6) is 0.257. The van der Waals surface area contributed by atoms with Crippen LogP contribution >= 0.6 is 11.3 Å². The van der Waals surface area contributed by atoms with E-state index in [9.17, 15) is 5.11 Å². The summed E-state index contributed by atoms with van der Waals surface area (Å²) in [5.41, 5.74) is 8.11. The number of benzene rings is 2. The van der Waals surface area contributed by atoms with E-state index >= 15 is 0 Å². The van der Waals surface area contributed by atoms with E-state index in [1.807, 2.05) is 38.1 Å². The lowest BCUT2D eigenvalue weighted by atomic mass is 10.2. The fourth-order valence-electron chi connectivity index (χ4n) is 2.37. The summed E-state index contributed by atoms with van der Waals surface area (Å²) in [6.45, 7) is 6.02. The van der Waals surface area contributed by atoms with Crippen molar-refractivity contribution in [2.45, 2.75) is 20.8 Å². The highest BCUT2D eigenvalue weighted by Gasteiger charge is 2.12. The number of hydrogen-bond donors (Lipinski definition) is 2. The summed E-state index contributed by atoms with van der Waals surface area (Å²) in [6.07, 6.45) is 0. The normalized spacial score (nSPS) is 11.5. The van der Waals surface area contributed by atoms with Gasteiger partial charge in [0.15, 0.2) is 0 Å². The smallest absolute Gasteiger partial charge is 0.124 e. The third-order valence-corrected chi connectivity index (χ3v) is 4.93. The summed E-state index contributed by atoms with van der Waals surface area (Å²) in [4.78, 5) is 5.68. The van der Waals surface area contributed by atoms with Crippen LogP contribution in [0, 0.1) is 13.8 Å². The second-order valence-corrected chi connectivity index (χ2v) is 6.66. The Morgan fingerprint density at radius 2 is 1.88 bits per heavy atom. The highest BCUT2D eigenvalue weighted by Crippen LogP contribution is 2.29. The maximum atomic E-state index is 9.40. The lowest BCUT2D eigenvalue weighted by Crippen LogP contribution is -1.99. The molecule has 122 valence electrons. The van der Waals surface area contributed by atoms with E-state index < -0.39 is 0 Å². The monoisotopic (exact) mass is 337 g/mol. The predicted molar refractivity (Wildman–Crippen MR) is 101 cm³/mol. The Morgan fingerprint density at radius 1 is 1.12 bits per heavy atom. The molecule has 0 atom stereocenters. The van der Waals surface area contributed by atoms with Crippen molar-refractivity contribution < 1.29 is 5.11 Å². The lowest BCUT2D eigenvalue weighted by Gasteiger charge is -2.03. The summed E-state index contributed by atoms with van der Waals surface area (Å²) >= 11 is 1.60. The molecule has 0 saturated heterocycles. The number of anilines is 1. The molecule has 5 heteroatoms. The molecule has 0 radical (unpaired) electrons. The Morgan fingerprint density at radius 3 is 2.58 bits per heavy atom. The Hall–Kier alpha value is -2.66. The fraction of sp³-hybridized carbons (Fsp3) is 0.158. The van der Waals surface area contributed by atoms with Crippen LogP contribution in [0.2, 0.25) is 0 Å². The van der Waals surface area contributed by atoms with Gasteiger partial charge in [0.2, 0.25) is 0 Å². The molecule has 3 aromatic rings. The van der Waals surface area contributed by atoms with Gasteiger partial charge in [-0.1, -0.05) is 12.1 Å². The molecule has 4 nitrogen and oxygen atoms in total. The maximum Gasteiger partial charge on any atom is 0.124 e. The first kappa shape index (κ1) is 16.2. The minimum absolute atomic E-state index is 0.257. The zero-order chi connectivity index (χ0) is 17.1. The highest BCUT2D eigenvalue weighted by molar-refractivity contribution is 7.17. The van der Waals surface area contributed by atoms with Crippen molar-refractivity contribution in [1.82, 2.24) is 4.98 Å². The van der Waals surface area contributed by atoms with Crippen molar-refractivity contribution in [2.24, 2.45) is 5.10 Å². The van der Waals surface area contributed by atoms with Crippen LogP contribution in [-0.4, -0.2) is 15.8 Å². The van der Waals surface area contributed by atoms with E-state index in [4.69, 9.17) is 0 Å². The molecule has 1 aromatic heterocycles. The van der Waals surface area contributed by atoms with Gasteiger partial charge in [-0.05, 0) is 62.7 Å². The summed E-state index contributed by atoms with van der Waals surface area (Å²) in [6, 6.07) is 15.2. The highest BCUT2D eigenvalue weighted by atomic mass is 32.1. The third-order valence-electron chi connectivity index (χ3n) is 3.61.